The molecule has 2 aliphatic rings. The Balaban J connectivity index is 1.68. The van der Waals surface area contributed by atoms with Crippen LogP contribution in [0.15, 0.2) is 24.3 Å². The first kappa shape index (κ1) is 14.4. The van der Waals surface area contributed by atoms with Crippen molar-refractivity contribution in [2.75, 3.05) is 31.8 Å². The first-order valence-electron chi connectivity index (χ1n) is 7.58. The van der Waals surface area contributed by atoms with E-state index >= 15 is 0 Å². The van der Waals surface area contributed by atoms with Crippen LogP contribution in [-0.2, 0) is 9.53 Å². The van der Waals surface area contributed by atoms with Gasteiger partial charge in [-0.25, -0.2) is 0 Å². The van der Waals surface area contributed by atoms with Gasteiger partial charge in [0.25, 0.3) is 0 Å². The maximum absolute atomic E-state index is 12.6. The zero-order valence-corrected chi connectivity index (χ0v) is 12.4. The fraction of sp³-hybridized carbons (Fsp3) is 0.562. The van der Waals surface area contributed by atoms with Gasteiger partial charge in [-0.15, -0.1) is 0 Å². The van der Waals surface area contributed by atoms with Crippen LogP contribution in [0.2, 0.25) is 0 Å². The molecule has 0 bridgehead atoms. The molecular formula is C16H22N2O3. The number of anilines is 1. The van der Waals surface area contributed by atoms with Crippen molar-refractivity contribution in [3.8, 4) is 5.75 Å². The van der Waals surface area contributed by atoms with Gasteiger partial charge in [-0.1, -0.05) is 12.1 Å². The third-order valence-electron chi connectivity index (χ3n) is 4.24. The summed E-state index contributed by atoms with van der Waals surface area (Å²) in [4.78, 5) is 14.5. The Kier molecular flexibility index (Phi) is 4.41. The molecule has 1 N–H and O–H groups in total. The van der Waals surface area contributed by atoms with Crippen LogP contribution in [0, 0.1) is 0 Å². The Morgan fingerprint density at radius 2 is 2.00 bits per heavy atom. The van der Waals surface area contributed by atoms with Crippen molar-refractivity contribution in [2.45, 2.75) is 31.3 Å². The van der Waals surface area contributed by atoms with Crippen LogP contribution >= 0.6 is 0 Å². The molecule has 0 aromatic heterocycles. The maximum atomic E-state index is 12.6. The second kappa shape index (κ2) is 6.45. The average Bonchev–Trinajstić information content (AvgIpc) is 2.89. The van der Waals surface area contributed by atoms with Crippen molar-refractivity contribution in [3.05, 3.63) is 24.3 Å². The van der Waals surface area contributed by atoms with E-state index in [9.17, 15) is 4.79 Å². The summed E-state index contributed by atoms with van der Waals surface area (Å²) in [7, 11) is 1.64. The van der Waals surface area contributed by atoms with E-state index in [0.29, 0.717) is 6.04 Å². The quantitative estimate of drug-likeness (QED) is 0.914. The van der Waals surface area contributed by atoms with Crippen molar-refractivity contribution in [1.82, 2.24) is 5.32 Å². The molecule has 1 aromatic rings. The summed E-state index contributed by atoms with van der Waals surface area (Å²) in [6.07, 6.45) is 2.81. The lowest BCUT2D eigenvalue weighted by atomic mass is 10.1. The van der Waals surface area contributed by atoms with Gasteiger partial charge in [-0.2, -0.15) is 0 Å². The third-order valence-corrected chi connectivity index (χ3v) is 4.24. The van der Waals surface area contributed by atoms with E-state index in [1.54, 1.807) is 7.11 Å². The molecule has 0 radical (unpaired) electrons. The minimum atomic E-state index is -0.0852. The van der Waals surface area contributed by atoms with E-state index in [-0.39, 0.29) is 11.9 Å². The summed E-state index contributed by atoms with van der Waals surface area (Å²) in [5.41, 5.74) is 0.862. The minimum absolute atomic E-state index is 0.0852. The predicted octanol–water partition coefficient (Wildman–Crippen LogP) is 1.57. The Bertz CT molecular complexity index is 500. The van der Waals surface area contributed by atoms with Crippen molar-refractivity contribution in [3.63, 3.8) is 0 Å². The highest BCUT2D eigenvalue weighted by Crippen LogP contribution is 2.31. The first-order chi connectivity index (χ1) is 10.3. The molecule has 2 heterocycles. The monoisotopic (exact) mass is 290 g/mol. The van der Waals surface area contributed by atoms with Crippen molar-refractivity contribution < 1.29 is 14.3 Å². The van der Waals surface area contributed by atoms with Crippen LogP contribution in [0.5, 0.6) is 5.75 Å². The lowest BCUT2D eigenvalue weighted by Crippen LogP contribution is -2.45. The molecule has 5 nitrogen and oxygen atoms in total. The zero-order chi connectivity index (χ0) is 14.7. The maximum Gasteiger partial charge on any atom is 0.244 e. The standard InChI is InChI=1S/C16H22N2O3/c1-20-15-5-3-2-4-14(15)18-9-6-13(16(18)19)17-12-7-10-21-11-8-12/h2-5,12-13,17H,6-11H2,1H3/t13-/m1/s1. The summed E-state index contributed by atoms with van der Waals surface area (Å²) in [6, 6.07) is 7.99. The Hall–Kier alpha value is -1.59. The lowest BCUT2D eigenvalue weighted by molar-refractivity contribution is -0.119. The number of para-hydroxylation sites is 2. The molecule has 0 unspecified atom stereocenters. The van der Waals surface area contributed by atoms with E-state index in [1.165, 1.54) is 0 Å². The number of methoxy groups -OCH3 is 1. The number of hydrogen-bond acceptors (Lipinski definition) is 4. The Morgan fingerprint density at radius 1 is 1.24 bits per heavy atom. The fourth-order valence-electron chi connectivity index (χ4n) is 3.08. The number of amides is 1. The zero-order valence-electron chi connectivity index (χ0n) is 12.4. The van der Waals surface area contributed by atoms with Crippen LogP contribution in [0.3, 0.4) is 0 Å². The summed E-state index contributed by atoms with van der Waals surface area (Å²) in [5.74, 6) is 0.892. The van der Waals surface area contributed by atoms with Gasteiger partial charge in [-0.3, -0.25) is 4.79 Å². The molecule has 114 valence electrons. The van der Waals surface area contributed by atoms with Crippen molar-refractivity contribution >= 4 is 11.6 Å². The van der Waals surface area contributed by atoms with Crippen LogP contribution in [0.1, 0.15) is 19.3 Å². The molecule has 1 aromatic carbocycles. The van der Waals surface area contributed by atoms with E-state index < -0.39 is 0 Å². The van der Waals surface area contributed by atoms with E-state index in [1.807, 2.05) is 29.2 Å². The molecule has 2 fully saturated rings. The molecule has 2 saturated heterocycles. The molecular weight excluding hydrogens is 268 g/mol. The van der Waals surface area contributed by atoms with Crippen LogP contribution < -0.4 is 15.0 Å². The van der Waals surface area contributed by atoms with Gasteiger partial charge >= 0.3 is 0 Å². The topological polar surface area (TPSA) is 50.8 Å². The number of rotatable bonds is 4. The van der Waals surface area contributed by atoms with Gasteiger partial charge < -0.3 is 19.7 Å². The van der Waals surface area contributed by atoms with Crippen LogP contribution in [-0.4, -0.2) is 44.9 Å². The van der Waals surface area contributed by atoms with Crippen LogP contribution in [0.25, 0.3) is 0 Å². The predicted molar refractivity (Wildman–Crippen MR) is 80.7 cm³/mol. The number of hydrogen-bond donors (Lipinski definition) is 1. The van der Waals surface area contributed by atoms with Gasteiger partial charge in [-0.05, 0) is 31.4 Å². The average molecular weight is 290 g/mol. The van der Waals surface area contributed by atoms with E-state index in [4.69, 9.17) is 9.47 Å². The van der Waals surface area contributed by atoms with Crippen molar-refractivity contribution in [1.29, 1.82) is 0 Å². The number of carbonyl (C=O) groups is 1. The third kappa shape index (κ3) is 3.04. The largest absolute Gasteiger partial charge is 0.495 e. The van der Waals surface area contributed by atoms with Gasteiger partial charge in [0.2, 0.25) is 5.91 Å². The highest BCUT2D eigenvalue weighted by atomic mass is 16.5. The summed E-state index contributed by atoms with van der Waals surface area (Å²) >= 11 is 0. The highest BCUT2D eigenvalue weighted by molar-refractivity contribution is 6.00. The second-order valence-electron chi connectivity index (χ2n) is 5.56. The SMILES string of the molecule is COc1ccccc1N1CC[C@@H](NC2CCOCC2)C1=O. The van der Waals surface area contributed by atoms with Gasteiger partial charge in [0.05, 0.1) is 18.8 Å². The molecule has 0 saturated carbocycles. The van der Waals surface area contributed by atoms with Gasteiger partial charge in [0.1, 0.15) is 5.75 Å². The van der Waals surface area contributed by atoms with Gasteiger partial charge in [0.15, 0.2) is 0 Å². The lowest BCUT2D eigenvalue weighted by Gasteiger charge is -2.26. The molecule has 0 spiro atoms. The van der Waals surface area contributed by atoms with E-state index in [2.05, 4.69) is 5.32 Å². The molecule has 1 amide bonds. The summed E-state index contributed by atoms with van der Waals surface area (Å²) < 4.78 is 10.7. The molecule has 2 aliphatic heterocycles. The smallest absolute Gasteiger partial charge is 0.244 e. The molecule has 21 heavy (non-hydrogen) atoms. The second-order valence-corrected chi connectivity index (χ2v) is 5.56. The number of carbonyl (C=O) groups excluding carboxylic acids is 1. The first-order valence-corrected chi connectivity index (χ1v) is 7.58. The highest BCUT2D eigenvalue weighted by Gasteiger charge is 2.35. The fourth-order valence-corrected chi connectivity index (χ4v) is 3.08. The number of ether oxygens (including phenoxy) is 2. The normalized spacial score (nSPS) is 23.6. The number of nitrogens with one attached hydrogen (secondary N) is 1. The molecule has 3 rings (SSSR count). The van der Waals surface area contributed by atoms with Crippen molar-refractivity contribution in [2.24, 2.45) is 0 Å². The number of benzene rings is 1. The van der Waals surface area contributed by atoms with E-state index in [0.717, 1.165) is 50.5 Å². The Labute approximate surface area is 125 Å². The summed E-state index contributed by atoms with van der Waals surface area (Å²) in [6.45, 7) is 2.31. The molecule has 0 aliphatic carbocycles. The van der Waals surface area contributed by atoms with Gasteiger partial charge in [0, 0.05) is 25.8 Å². The van der Waals surface area contributed by atoms with Crippen LogP contribution in [0.4, 0.5) is 5.69 Å². The number of nitrogens with zero attached hydrogens (tertiary/aromatic N) is 1. The summed E-state index contributed by atoms with van der Waals surface area (Å²) in [5, 5.41) is 3.49. The molecule has 5 heteroatoms. The molecule has 1 atom stereocenters. The Morgan fingerprint density at radius 3 is 2.76 bits per heavy atom. The minimum Gasteiger partial charge on any atom is -0.495 e.